The fourth-order valence-corrected chi connectivity index (χ4v) is 2.87. The number of hydrogen-bond donors (Lipinski definition) is 1. The van der Waals surface area contributed by atoms with Gasteiger partial charge in [-0.05, 0) is 50.6 Å². The van der Waals surface area contributed by atoms with Gasteiger partial charge in [0, 0.05) is 0 Å². The number of amides is 1. The van der Waals surface area contributed by atoms with E-state index < -0.39 is 21.8 Å². The zero-order valence-corrected chi connectivity index (χ0v) is 15.6. The van der Waals surface area contributed by atoms with E-state index in [2.05, 4.69) is 0 Å². The van der Waals surface area contributed by atoms with E-state index in [4.69, 9.17) is 14.1 Å². The molecule has 0 radical (unpaired) electrons. The second-order valence-electron chi connectivity index (χ2n) is 6.44. The first-order chi connectivity index (χ1) is 12.1. The third-order valence-corrected chi connectivity index (χ3v) is 4.31. The first kappa shape index (κ1) is 19.9. The molecule has 0 spiro atoms. The standard InChI is InChI=1S/C18H21NO6S/c1-18(2,3)24-17(21)19(15-11-9-14(13-20)10-12-15)25-26(22,23)16-7-5-4-6-8-16/h4-12,20H,13H2,1-3H3. The van der Waals surface area contributed by atoms with Crippen molar-refractivity contribution in [3.8, 4) is 0 Å². The lowest BCUT2D eigenvalue weighted by atomic mass is 10.2. The fraction of sp³-hybridized carbons (Fsp3) is 0.278. The molecular weight excluding hydrogens is 358 g/mol. The smallest absolute Gasteiger partial charge is 0.440 e. The molecule has 0 saturated carbocycles. The summed E-state index contributed by atoms with van der Waals surface area (Å²) in [6.07, 6.45) is -0.978. The van der Waals surface area contributed by atoms with Crippen molar-refractivity contribution in [1.82, 2.24) is 0 Å². The Labute approximate surface area is 152 Å². The van der Waals surface area contributed by atoms with Crippen molar-refractivity contribution in [2.24, 2.45) is 0 Å². The van der Waals surface area contributed by atoms with Gasteiger partial charge in [-0.1, -0.05) is 30.3 Å². The molecule has 0 bridgehead atoms. The van der Waals surface area contributed by atoms with E-state index in [0.29, 0.717) is 10.6 Å². The SMILES string of the molecule is CC(C)(C)OC(=O)N(OS(=O)(=O)c1ccccc1)c1ccc(CO)cc1. The minimum Gasteiger partial charge on any atom is -0.442 e. The van der Waals surface area contributed by atoms with Crippen LogP contribution in [-0.4, -0.2) is 25.2 Å². The zero-order chi connectivity index (χ0) is 19.4. The molecule has 0 aliphatic rings. The van der Waals surface area contributed by atoms with Crippen LogP contribution in [0.5, 0.6) is 0 Å². The largest absolute Gasteiger partial charge is 0.442 e. The maximum absolute atomic E-state index is 12.5. The molecule has 2 aromatic carbocycles. The first-order valence-electron chi connectivity index (χ1n) is 7.85. The molecule has 0 fully saturated rings. The van der Waals surface area contributed by atoms with Crippen LogP contribution in [0.4, 0.5) is 10.5 Å². The van der Waals surface area contributed by atoms with E-state index in [1.54, 1.807) is 51.1 Å². The number of benzene rings is 2. The lowest BCUT2D eigenvalue weighted by Gasteiger charge is -2.26. The van der Waals surface area contributed by atoms with Gasteiger partial charge in [0.2, 0.25) is 0 Å². The van der Waals surface area contributed by atoms with Gasteiger partial charge in [0.05, 0.1) is 17.2 Å². The van der Waals surface area contributed by atoms with Crippen molar-refractivity contribution in [1.29, 1.82) is 0 Å². The van der Waals surface area contributed by atoms with Crippen molar-refractivity contribution in [2.75, 3.05) is 5.06 Å². The summed E-state index contributed by atoms with van der Waals surface area (Å²) in [5.41, 5.74) is -0.0972. The lowest BCUT2D eigenvalue weighted by molar-refractivity contribution is 0.0444. The highest BCUT2D eigenvalue weighted by molar-refractivity contribution is 7.86. The molecule has 26 heavy (non-hydrogen) atoms. The van der Waals surface area contributed by atoms with Crippen molar-refractivity contribution in [3.05, 3.63) is 60.2 Å². The Hall–Kier alpha value is -2.42. The number of carbonyl (C=O) groups excluding carboxylic acids is 1. The van der Waals surface area contributed by atoms with Crippen LogP contribution in [0.25, 0.3) is 0 Å². The maximum atomic E-state index is 12.5. The summed E-state index contributed by atoms with van der Waals surface area (Å²) >= 11 is 0. The predicted octanol–water partition coefficient (Wildman–Crippen LogP) is 3.24. The zero-order valence-electron chi connectivity index (χ0n) is 14.7. The molecule has 0 atom stereocenters. The van der Waals surface area contributed by atoms with Gasteiger partial charge in [-0.2, -0.15) is 8.42 Å². The van der Waals surface area contributed by atoms with Crippen molar-refractivity contribution < 1.29 is 27.3 Å². The molecule has 1 N–H and O–H groups in total. The number of nitrogens with zero attached hydrogens (tertiary/aromatic N) is 1. The Balaban J connectivity index is 2.38. The summed E-state index contributed by atoms with van der Waals surface area (Å²) in [5, 5.41) is 9.71. The van der Waals surface area contributed by atoms with Crippen LogP contribution < -0.4 is 5.06 Å². The summed E-state index contributed by atoms with van der Waals surface area (Å²) in [6.45, 7) is 4.78. The van der Waals surface area contributed by atoms with Gasteiger partial charge in [0.25, 0.3) is 0 Å². The van der Waals surface area contributed by atoms with Crippen LogP contribution in [0, 0.1) is 0 Å². The molecule has 7 nitrogen and oxygen atoms in total. The summed E-state index contributed by atoms with van der Waals surface area (Å²) in [5.74, 6) is 0. The second kappa shape index (κ2) is 7.86. The van der Waals surface area contributed by atoms with Gasteiger partial charge in [0.1, 0.15) is 5.60 Å². The number of rotatable bonds is 5. The molecule has 8 heteroatoms. The third kappa shape index (κ3) is 5.29. The van der Waals surface area contributed by atoms with E-state index >= 15 is 0 Å². The summed E-state index contributed by atoms with van der Waals surface area (Å²) < 4.78 is 35.3. The molecule has 140 valence electrons. The van der Waals surface area contributed by atoms with Crippen LogP contribution in [0.1, 0.15) is 26.3 Å². The monoisotopic (exact) mass is 379 g/mol. The Morgan fingerprint density at radius 1 is 1.04 bits per heavy atom. The van der Waals surface area contributed by atoms with E-state index in [1.165, 1.54) is 24.3 Å². The van der Waals surface area contributed by atoms with Crippen LogP contribution in [0.3, 0.4) is 0 Å². The third-order valence-electron chi connectivity index (χ3n) is 3.12. The molecule has 2 aromatic rings. The number of anilines is 1. The fourth-order valence-electron chi connectivity index (χ4n) is 1.95. The van der Waals surface area contributed by atoms with Crippen LogP contribution >= 0.6 is 0 Å². The first-order valence-corrected chi connectivity index (χ1v) is 9.26. The minimum atomic E-state index is -4.25. The molecule has 1 amide bonds. The summed E-state index contributed by atoms with van der Waals surface area (Å²) in [7, 11) is -4.25. The Morgan fingerprint density at radius 2 is 1.62 bits per heavy atom. The number of aliphatic hydroxyl groups is 1. The van der Waals surface area contributed by atoms with Crippen molar-refractivity contribution in [3.63, 3.8) is 0 Å². The molecule has 0 unspecified atom stereocenters. The Kier molecular flexibility index (Phi) is 6.01. The van der Waals surface area contributed by atoms with Crippen LogP contribution in [0.2, 0.25) is 0 Å². The lowest BCUT2D eigenvalue weighted by Crippen LogP contribution is -2.38. The van der Waals surface area contributed by atoms with Crippen LogP contribution in [0.15, 0.2) is 59.5 Å². The van der Waals surface area contributed by atoms with Gasteiger partial charge in [-0.25, -0.2) is 4.79 Å². The van der Waals surface area contributed by atoms with Gasteiger partial charge < -0.3 is 9.84 Å². The van der Waals surface area contributed by atoms with Gasteiger partial charge >= 0.3 is 16.2 Å². The van der Waals surface area contributed by atoms with Crippen molar-refractivity contribution >= 4 is 21.9 Å². The number of hydroxylamine groups is 1. The molecule has 0 aliphatic carbocycles. The highest BCUT2D eigenvalue weighted by atomic mass is 32.2. The Morgan fingerprint density at radius 3 is 2.12 bits per heavy atom. The Bertz CT molecular complexity index is 842. The average Bonchev–Trinajstić information content (AvgIpc) is 2.59. The average molecular weight is 379 g/mol. The minimum absolute atomic E-state index is 0.0967. The normalized spacial score (nSPS) is 11.8. The quantitative estimate of drug-likeness (QED) is 0.802. The number of aliphatic hydroxyl groups excluding tert-OH is 1. The van der Waals surface area contributed by atoms with E-state index in [1.807, 2.05) is 0 Å². The molecule has 0 saturated heterocycles. The number of ether oxygens (including phenoxy) is 1. The van der Waals surface area contributed by atoms with Gasteiger partial charge in [0.15, 0.2) is 0 Å². The summed E-state index contributed by atoms with van der Waals surface area (Å²) in [6, 6.07) is 13.5. The highest BCUT2D eigenvalue weighted by Gasteiger charge is 2.30. The second-order valence-corrected chi connectivity index (χ2v) is 7.97. The highest BCUT2D eigenvalue weighted by Crippen LogP contribution is 2.23. The van der Waals surface area contributed by atoms with Gasteiger partial charge in [-0.15, -0.1) is 9.35 Å². The number of hydrogen-bond acceptors (Lipinski definition) is 6. The van der Waals surface area contributed by atoms with Crippen molar-refractivity contribution in [2.45, 2.75) is 37.9 Å². The predicted molar refractivity (Wildman–Crippen MR) is 95.8 cm³/mol. The van der Waals surface area contributed by atoms with E-state index in [0.717, 1.165) is 0 Å². The van der Waals surface area contributed by atoms with E-state index in [9.17, 15) is 13.2 Å². The van der Waals surface area contributed by atoms with E-state index in [-0.39, 0.29) is 17.2 Å². The summed E-state index contributed by atoms with van der Waals surface area (Å²) in [4.78, 5) is 12.4. The number of carbonyl (C=O) groups is 1. The van der Waals surface area contributed by atoms with Crippen LogP contribution in [-0.2, 0) is 25.7 Å². The maximum Gasteiger partial charge on any atom is 0.440 e. The molecular formula is C18H21NO6S. The topological polar surface area (TPSA) is 93.1 Å². The molecule has 0 aliphatic heterocycles. The van der Waals surface area contributed by atoms with Gasteiger partial charge in [-0.3, -0.25) is 0 Å². The molecule has 0 aromatic heterocycles. The molecule has 2 rings (SSSR count). The molecule has 0 heterocycles.